The minimum Gasteiger partial charge on any atom is -0.335 e. The molecule has 0 N–H and O–H groups in total. The average molecular weight is 426 g/mol. The van der Waals surface area contributed by atoms with Crippen molar-refractivity contribution < 1.29 is 14.0 Å². The van der Waals surface area contributed by atoms with Crippen LogP contribution in [0.3, 0.4) is 0 Å². The molecule has 1 heterocycles. The summed E-state index contributed by atoms with van der Waals surface area (Å²) in [5, 5.41) is 0.0957. The molecule has 1 aliphatic rings. The van der Waals surface area contributed by atoms with Crippen molar-refractivity contribution in [2.24, 2.45) is 0 Å². The van der Waals surface area contributed by atoms with Gasteiger partial charge in [-0.25, -0.2) is 4.39 Å². The first-order valence-electron chi connectivity index (χ1n) is 7.75. The van der Waals surface area contributed by atoms with Crippen LogP contribution in [0.5, 0.6) is 0 Å². The molecule has 1 fully saturated rings. The van der Waals surface area contributed by atoms with Crippen LogP contribution in [0.4, 0.5) is 4.39 Å². The standard InChI is InChI=1S/C18H15BrClFN2O2/c19-13-3-1-12(2-4-13)17(24)22-7-9-23(10-8-22)18(25)15-6-5-14(21)11-16(15)20/h1-6,11H,7-10H2. The fourth-order valence-corrected chi connectivity index (χ4v) is 3.23. The van der Waals surface area contributed by atoms with E-state index in [2.05, 4.69) is 15.9 Å². The largest absolute Gasteiger partial charge is 0.335 e. The van der Waals surface area contributed by atoms with E-state index in [1.807, 2.05) is 12.1 Å². The third-order valence-electron chi connectivity index (χ3n) is 4.11. The molecule has 4 nitrogen and oxygen atoms in total. The number of amides is 2. The van der Waals surface area contributed by atoms with Gasteiger partial charge in [-0.1, -0.05) is 27.5 Å². The number of halogens is 3. The fraction of sp³-hybridized carbons (Fsp3) is 0.222. The van der Waals surface area contributed by atoms with Crippen molar-refractivity contribution in [1.82, 2.24) is 9.80 Å². The Bertz CT molecular complexity index is 805. The molecule has 0 aromatic heterocycles. The molecule has 2 aromatic carbocycles. The molecular formula is C18H15BrClFN2O2. The molecule has 1 aliphatic heterocycles. The van der Waals surface area contributed by atoms with Crippen LogP contribution in [0.1, 0.15) is 20.7 Å². The molecule has 1 saturated heterocycles. The average Bonchev–Trinajstić information content (AvgIpc) is 2.61. The number of piperazine rings is 1. The summed E-state index contributed by atoms with van der Waals surface area (Å²) in [6, 6.07) is 10.9. The van der Waals surface area contributed by atoms with Gasteiger partial charge in [0.15, 0.2) is 0 Å². The summed E-state index contributed by atoms with van der Waals surface area (Å²) in [6.07, 6.45) is 0. The van der Waals surface area contributed by atoms with Crippen molar-refractivity contribution in [2.75, 3.05) is 26.2 Å². The lowest BCUT2D eigenvalue weighted by molar-refractivity contribution is 0.0535. The number of carbonyl (C=O) groups excluding carboxylic acids is 2. The van der Waals surface area contributed by atoms with E-state index in [1.54, 1.807) is 21.9 Å². The van der Waals surface area contributed by atoms with Gasteiger partial charge in [-0.3, -0.25) is 9.59 Å². The van der Waals surface area contributed by atoms with Crippen LogP contribution in [-0.4, -0.2) is 47.8 Å². The fourth-order valence-electron chi connectivity index (χ4n) is 2.72. The number of carbonyl (C=O) groups is 2. The molecule has 2 amide bonds. The third kappa shape index (κ3) is 4.02. The summed E-state index contributed by atoms with van der Waals surface area (Å²) in [4.78, 5) is 28.4. The van der Waals surface area contributed by atoms with Crippen molar-refractivity contribution in [1.29, 1.82) is 0 Å². The van der Waals surface area contributed by atoms with Crippen LogP contribution >= 0.6 is 27.5 Å². The van der Waals surface area contributed by atoms with E-state index in [0.717, 1.165) is 10.5 Å². The Kier molecular flexibility index (Phi) is 5.39. The number of nitrogens with zero attached hydrogens (tertiary/aromatic N) is 2. The Morgan fingerprint density at radius 3 is 2.04 bits per heavy atom. The zero-order valence-corrected chi connectivity index (χ0v) is 15.6. The highest BCUT2D eigenvalue weighted by atomic mass is 79.9. The number of hydrogen-bond acceptors (Lipinski definition) is 2. The maximum atomic E-state index is 13.1. The van der Waals surface area contributed by atoms with Crippen LogP contribution in [0.2, 0.25) is 5.02 Å². The first-order chi connectivity index (χ1) is 12.0. The normalized spacial score (nSPS) is 14.5. The molecule has 0 bridgehead atoms. The monoisotopic (exact) mass is 424 g/mol. The summed E-state index contributed by atoms with van der Waals surface area (Å²) in [5.41, 5.74) is 0.889. The SMILES string of the molecule is O=C(c1ccc(Br)cc1)N1CCN(C(=O)c2ccc(F)cc2Cl)CC1. The van der Waals surface area contributed by atoms with Gasteiger partial charge in [0.05, 0.1) is 10.6 Å². The van der Waals surface area contributed by atoms with Gasteiger partial charge >= 0.3 is 0 Å². The Morgan fingerprint density at radius 1 is 0.920 bits per heavy atom. The Labute approximate surface area is 158 Å². The summed E-state index contributed by atoms with van der Waals surface area (Å²) in [5.74, 6) is -0.786. The second-order valence-electron chi connectivity index (χ2n) is 5.72. The van der Waals surface area contributed by atoms with Gasteiger partial charge in [-0.15, -0.1) is 0 Å². The van der Waals surface area contributed by atoms with E-state index in [0.29, 0.717) is 31.7 Å². The van der Waals surface area contributed by atoms with Crippen molar-refractivity contribution in [3.8, 4) is 0 Å². The summed E-state index contributed by atoms with van der Waals surface area (Å²) in [6.45, 7) is 1.71. The van der Waals surface area contributed by atoms with E-state index in [9.17, 15) is 14.0 Å². The smallest absolute Gasteiger partial charge is 0.255 e. The molecule has 0 aliphatic carbocycles. The lowest BCUT2D eigenvalue weighted by atomic mass is 10.1. The molecule has 2 aromatic rings. The van der Waals surface area contributed by atoms with Gasteiger partial charge in [-0.2, -0.15) is 0 Å². The predicted octanol–water partition coefficient (Wildman–Crippen LogP) is 3.84. The minimum absolute atomic E-state index is 0.0561. The Balaban J connectivity index is 1.64. The van der Waals surface area contributed by atoms with Gasteiger partial charge in [0, 0.05) is 36.2 Å². The molecule has 0 saturated carbocycles. The van der Waals surface area contributed by atoms with Gasteiger partial charge in [-0.05, 0) is 42.5 Å². The molecule has 0 atom stereocenters. The second-order valence-corrected chi connectivity index (χ2v) is 7.04. The van der Waals surface area contributed by atoms with Crippen molar-refractivity contribution >= 4 is 39.3 Å². The van der Waals surface area contributed by atoms with Gasteiger partial charge < -0.3 is 9.80 Å². The first kappa shape index (κ1) is 17.9. The third-order valence-corrected chi connectivity index (χ3v) is 4.95. The number of rotatable bonds is 2. The van der Waals surface area contributed by atoms with E-state index in [4.69, 9.17) is 11.6 Å². The zero-order valence-electron chi connectivity index (χ0n) is 13.2. The van der Waals surface area contributed by atoms with Crippen molar-refractivity contribution in [3.05, 3.63) is 68.9 Å². The molecular weight excluding hydrogens is 411 g/mol. The highest BCUT2D eigenvalue weighted by molar-refractivity contribution is 9.10. The number of benzene rings is 2. The maximum absolute atomic E-state index is 13.1. The summed E-state index contributed by atoms with van der Waals surface area (Å²) in [7, 11) is 0. The van der Waals surface area contributed by atoms with Crippen LogP contribution < -0.4 is 0 Å². The van der Waals surface area contributed by atoms with Gasteiger partial charge in [0.1, 0.15) is 5.82 Å². The van der Waals surface area contributed by atoms with Crippen LogP contribution in [0.25, 0.3) is 0 Å². The minimum atomic E-state index is -0.480. The van der Waals surface area contributed by atoms with Crippen LogP contribution in [0.15, 0.2) is 46.9 Å². The van der Waals surface area contributed by atoms with E-state index < -0.39 is 5.82 Å². The maximum Gasteiger partial charge on any atom is 0.255 e. The predicted molar refractivity (Wildman–Crippen MR) is 97.4 cm³/mol. The van der Waals surface area contributed by atoms with Crippen molar-refractivity contribution in [2.45, 2.75) is 0 Å². The molecule has 7 heteroatoms. The Morgan fingerprint density at radius 2 is 1.48 bits per heavy atom. The molecule has 0 unspecified atom stereocenters. The van der Waals surface area contributed by atoms with E-state index in [-0.39, 0.29) is 22.4 Å². The lowest BCUT2D eigenvalue weighted by Gasteiger charge is -2.35. The van der Waals surface area contributed by atoms with Crippen molar-refractivity contribution in [3.63, 3.8) is 0 Å². The molecule has 130 valence electrons. The highest BCUT2D eigenvalue weighted by Crippen LogP contribution is 2.20. The Hall–Kier alpha value is -1.92. The second kappa shape index (κ2) is 7.54. The van der Waals surface area contributed by atoms with Crippen LogP contribution in [0, 0.1) is 5.82 Å². The molecule has 0 radical (unpaired) electrons. The summed E-state index contributed by atoms with van der Waals surface area (Å²) >= 11 is 9.30. The van der Waals surface area contributed by atoms with E-state index >= 15 is 0 Å². The number of hydrogen-bond donors (Lipinski definition) is 0. The highest BCUT2D eigenvalue weighted by Gasteiger charge is 2.26. The molecule has 25 heavy (non-hydrogen) atoms. The van der Waals surface area contributed by atoms with Gasteiger partial charge in [0.25, 0.3) is 11.8 Å². The topological polar surface area (TPSA) is 40.6 Å². The molecule has 0 spiro atoms. The van der Waals surface area contributed by atoms with Gasteiger partial charge in [0.2, 0.25) is 0 Å². The molecule has 3 rings (SSSR count). The quantitative estimate of drug-likeness (QED) is 0.733. The lowest BCUT2D eigenvalue weighted by Crippen LogP contribution is -2.50. The van der Waals surface area contributed by atoms with E-state index in [1.165, 1.54) is 12.1 Å². The summed E-state index contributed by atoms with van der Waals surface area (Å²) < 4.78 is 14.0. The van der Waals surface area contributed by atoms with Crippen LogP contribution in [-0.2, 0) is 0 Å². The first-order valence-corrected chi connectivity index (χ1v) is 8.92. The zero-order chi connectivity index (χ0) is 18.0.